The number of anilines is 1. The third-order valence-electron chi connectivity index (χ3n) is 4.49. The highest BCUT2D eigenvalue weighted by Gasteiger charge is 2.29. The predicted molar refractivity (Wildman–Crippen MR) is 83.1 cm³/mol. The standard InChI is InChI=1S/C16H23N3O3/c1-21-15-12-17-5-2-14(15)18-6-8-19(9-7-18)16(20)13-3-10-22-11-4-13/h2,5,12-13H,3-4,6-11H2,1H3. The van der Waals surface area contributed by atoms with Crippen LogP contribution in [-0.4, -0.2) is 62.3 Å². The highest BCUT2D eigenvalue weighted by molar-refractivity contribution is 5.79. The van der Waals surface area contributed by atoms with Gasteiger partial charge < -0.3 is 19.3 Å². The van der Waals surface area contributed by atoms with E-state index in [9.17, 15) is 4.79 Å². The third kappa shape index (κ3) is 3.16. The minimum Gasteiger partial charge on any atom is -0.493 e. The van der Waals surface area contributed by atoms with Gasteiger partial charge in [0.05, 0.1) is 19.0 Å². The molecule has 1 aromatic heterocycles. The topological polar surface area (TPSA) is 54.9 Å². The highest BCUT2D eigenvalue weighted by Crippen LogP contribution is 2.28. The first-order chi connectivity index (χ1) is 10.8. The van der Waals surface area contributed by atoms with Crippen LogP contribution >= 0.6 is 0 Å². The molecule has 2 aliphatic rings. The van der Waals surface area contributed by atoms with E-state index < -0.39 is 0 Å². The molecule has 1 aromatic rings. The summed E-state index contributed by atoms with van der Waals surface area (Å²) in [6.45, 7) is 4.61. The van der Waals surface area contributed by atoms with Gasteiger partial charge in [-0.1, -0.05) is 0 Å². The van der Waals surface area contributed by atoms with Crippen LogP contribution in [0.4, 0.5) is 5.69 Å². The molecule has 0 spiro atoms. The molecule has 3 rings (SSSR count). The Bertz CT molecular complexity index is 509. The number of hydrogen-bond donors (Lipinski definition) is 0. The van der Waals surface area contributed by atoms with Crippen molar-refractivity contribution in [3.63, 3.8) is 0 Å². The molecule has 2 fully saturated rings. The van der Waals surface area contributed by atoms with Gasteiger partial charge in [0, 0.05) is 51.5 Å². The Labute approximate surface area is 131 Å². The lowest BCUT2D eigenvalue weighted by molar-refractivity contribution is -0.138. The second kappa shape index (κ2) is 6.96. The summed E-state index contributed by atoms with van der Waals surface area (Å²) in [6, 6.07) is 1.97. The summed E-state index contributed by atoms with van der Waals surface area (Å²) >= 11 is 0. The molecule has 22 heavy (non-hydrogen) atoms. The average molecular weight is 305 g/mol. The van der Waals surface area contributed by atoms with E-state index in [0.29, 0.717) is 19.1 Å². The van der Waals surface area contributed by atoms with Crippen molar-refractivity contribution in [3.8, 4) is 5.75 Å². The zero-order valence-electron chi connectivity index (χ0n) is 13.0. The molecule has 3 heterocycles. The van der Waals surface area contributed by atoms with E-state index in [1.807, 2.05) is 11.0 Å². The number of hydrogen-bond acceptors (Lipinski definition) is 5. The molecule has 0 radical (unpaired) electrons. The van der Waals surface area contributed by atoms with Crippen molar-refractivity contribution in [2.75, 3.05) is 51.4 Å². The lowest BCUT2D eigenvalue weighted by atomic mass is 9.98. The van der Waals surface area contributed by atoms with Crippen LogP contribution in [0.5, 0.6) is 5.75 Å². The molecule has 0 N–H and O–H groups in total. The smallest absolute Gasteiger partial charge is 0.225 e. The Morgan fingerprint density at radius 2 is 2.00 bits per heavy atom. The summed E-state index contributed by atoms with van der Waals surface area (Å²) in [4.78, 5) is 20.9. The fourth-order valence-corrected chi connectivity index (χ4v) is 3.16. The average Bonchev–Trinajstić information content (AvgIpc) is 2.62. The molecular formula is C16H23N3O3. The van der Waals surface area contributed by atoms with E-state index in [1.165, 1.54) is 0 Å². The van der Waals surface area contributed by atoms with E-state index in [4.69, 9.17) is 9.47 Å². The number of pyridine rings is 1. The summed E-state index contributed by atoms with van der Waals surface area (Å²) in [5.41, 5.74) is 1.05. The quantitative estimate of drug-likeness (QED) is 0.839. The molecule has 0 aromatic carbocycles. The number of piperazine rings is 1. The van der Waals surface area contributed by atoms with E-state index in [-0.39, 0.29) is 5.92 Å². The largest absolute Gasteiger partial charge is 0.493 e. The Kier molecular flexibility index (Phi) is 4.77. The first-order valence-corrected chi connectivity index (χ1v) is 7.89. The van der Waals surface area contributed by atoms with Crippen LogP contribution in [0.25, 0.3) is 0 Å². The molecule has 2 aliphatic heterocycles. The fourth-order valence-electron chi connectivity index (χ4n) is 3.16. The highest BCUT2D eigenvalue weighted by atomic mass is 16.5. The van der Waals surface area contributed by atoms with E-state index in [1.54, 1.807) is 19.5 Å². The Balaban J connectivity index is 1.59. The SMILES string of the molecule is COc1cnccc1N1CCN(C(=O)C2CCOCC2)CC1. The normalized spacial score (nSPS) is 20.0. The second-order valence-electron chi connectivity index (χ2n) is 5.75. The fraction of sp³-hybridized carbons (Fsp3) is 0.625. The molecule has 0 unspecified atom stereocenters. The van der Waals surface area contributed by atoms with E-state index >= 15 is 0 Å². The summed E-state index contributed by atoms with van der Waals surface area (Å²) in [6.07, 6.45) is 5.22. The van der Waals surface area contributed by atoms with Crippen LogP contribution in [0, 0.1) is 5.92 Å². The lowest BCUT2D eigenvalue weighted by Gasteiger charge is -2.38. The van der Waals surface area contributed by atoms with E-state index in [2.05, 4.69) is 9.88 Å². The van der Waals surface area contributed by atoms with Gasteiger partial charge in [-0.2, -0.15) is 0 Å². The van der Waals surface area contributed by atoms with E-state index in [0.717, 1.165) is 50.5 Å². The molecule has 1 amide bonds. The second-order valence-corrected chi connectivity index (χ2v) is 5.75. The molecule has 2 saturated heterocycles. The van der Waals surface area contributed by atoms with Crippen molar-refractivity contribution >= 4 is 11.6 Å². The molecule has 0 atom stereocenters. The lowest BCUT2D eigenvalue weighted by Crippen LogP contribution is -2.51. The maximum Gasteiger partial charge on any atom is 0.225 e. The Morgan fingerprint density at radius 3 is 2.68 bits per heavy atom. The number of ether oxygens (including phenoxy) is 2. The van der Waals surface area contributed by atoms with Gasteiger partial charge in [-0.05, 0) is 18.9 Å². The number of aromatic nitrogens is 1. The summed E-state index contributed by atoms with van der Waals surface area (Å²) in [5, 5.41) is 0. The monoisotopic (exact) mass is 305 g/mol. The van der Waals surface area contributed by atoms with Crippen LogP contribution in [0.3, 0.4) is 0 Å². The number of carbonyl (C=O) groups excluding carboxylic acids is 1. The van der Waals surface area contributed by atoms with Crippen molar-refractivity contribution < 1.29 is 14.3 Å². The van der Waals surface area contributed by atoms with Crippen molar-refractivity contribution in [1.82, 2.24) is 9.88 Å². The van der Waals surface area contributed by atoms with Crippen LogP contribution in [0.2, 0.25) is 0 Å². The third-order valence-corrected chi connectivity index (χ3v) is 4.49. The maximum absolute atomic E-state index is 12.5. The molecule has 6 heteroatoms. The molecule has 6 nitrogen and oxygen atoms in total. The van der Waals surface area contributed by atoms with Crippen molar-refractivity contribution in [1.29, 1.82) is 0 Å². The zero-order chi connectivity index (χ0) is 15.4. The molecule has 0 aliphatic carbocycles. The molecule has 0 saturated carbocycles. The van der Waals surface area contributed by atoms with Crippen LogP contribution in [0.1, 0.15) is 12.8 Å². The van der Waals surface area contributed by atoms with Gasteiger partial charge in [-0.25, -0.2) is 0 Å². The van der Waals surface area contributed by atoms with Gasteiger partial charge in [-0.3, -0.25) is 9.78 Å². The summed E-state index contributed by atoms with van der Waals surface area (Å²) < 4.78 is 10.7. The first kappa shape index (κ1) is 15.1. The number of rotatable bonds is 3. The summed E-state index contributed by atoms with van der Waals surface area (Å²) in [5.74, 6) is 1.23. The number of nitrogens with zero attached hydrogens (tertiary/aromatic N) is 3. The van der Waals surface area contributed by atoms with Crippen molar-refractivity contribution in [3.05, 3.63) is 18.5 Å². The van der Waals surface area contributed by atoms with Gasteiger partial charge in [0.25, 0.3) is 0 Å². The number of carbonyl (C=O) groups is 1. The van der Waals surface area contributed by atoms with Crippen molar-refractivity contribution in [2.45, 2.75) is 12.8 Å². The zero-order valence-corrected chi connectivity index (χ0v) is 13.0. The van der Waals surface area contributed by atoms with Gasteiger partial charge in [0.2, 0.25) is 5.91 Å². The number of amides is 1. The summed E-state index contributed by atoms with van der Waals surface area (Å²) in [7, 11) is 1.66. The van der Waals surface area contributed by atoms with Gasteiger partial charge in [0.1, 0.15) is 0 Å². The Hall–Kier alpha value is -1.82. The van der Waals surface area contributed by atoms with Crippen LogP contribution in [-0.2, 0) is 9.53 Å². The van der Waals surface area contributed by atoms with Crippen molar-refractivity contribution in [2.24, 2.45) is 5.92 Å². The first-order valence-electron chi connectivity index (χ1n) is 7.89. The maximum atomic E-state index is 12.5. The number of methoxy groups -OCH3 is 1. The van der Waals surface area contributed by atoms with Gasteiger partial charge >= 0.3 is 0 Å². The van der Waals surface area contributed by atoms with Crippen LogP contribution in [0.15, 0.2) is 18.5 Å². The van der Waals surface area contributed by atoms with Gasteiger partial charge in [0.15, 0.2) is 5.75 Å². The minimum atomic E-state index is 0.149. The molecule has 120 valence electrons. The van der Waals surface area contributed by atoms with Crippen LogP contribution < -0.4 is 9.64 Å². The predicted octanol–water partition coefficient (Wildman–Crippen LogP) is 1.17. The minimum absolute atomic E-state index is 0.149. The van der Waals surface area contributed by atoms with Gasteiger partial charge in [-0.15, -0.1) is 0 Å². The molecule has 0 bridgehead atoms. The Morgan fingerprint density at radius 1 is 1.27 bits per heavy atom. The molecular weight excluding hydrogens is 282 g/mol.